The molecule has 166 valence electrons. The Kier molecular flexibility index (Phi) is 5.03. The number of amides is 1. The van der Waals surface area contributed by atoms with Crippen LogP contribution >= 0.6 is 0 Å². The first-order valence-corrected chi connectivity index (χ1v) is 11.8. The fourth-order valence-electron chi connectivity index (χ4n) is 4.01. The third-order valence-corrected chi connectivity index (χ3v) is 7.18. The van der Waals surface area contributed by atoms with Gasteiger partial charge in [-0.25, -0.2) is 27.2 Å². The van der Waals surface area contributed by atoms with Gasteiger partial charge in [0.05, 0.1) is 15.9 Å². The Morgan fingerprint density at radius 2 is 2.00 bits per heavy atom. The van der Waals surface area contributed by atoms with Gasteiger partial charge in [-0.3, -0.25) is 4.79 Å². The zero-order chi connectivity index (χ0) is 22.6. The summed E-state index contributed by atoms with van der Waals surface area (Å²) in [6.45, 7) is 2.76. The molecule has 1 amide bonds. The number of sulfone groups is 1. The molecular formula is C21H23F2N3O4S. The van der Waals surface area contributed by atoms with Crippen LogP contribution < -0.4 is 4.74 Å². The lowest BCUT2D eigenvalue weighted by molar-refractivity contribution is -0.0720. The predicted molar refractivity (Wildman–Crippen MR) is 108 cm³/mol. The molecule has 2 heterocycles. The molecule has 2 unspecified atom stereocenters. The molecule has 3 atom stereocenters. The van der Waals surface area contributed by atoms with Gasteiger partial charge in [0.2, 0.25) is 0 Å². The summed E-state index contributed by atoms with van der Waals surface area (Å²) < 4.78 is 56.8. The van der Waals surface area contributed by atoms with Crippen LogP contribution in [0.5, 0.6) is 5.75 Å². The fourth-order valence-corrected chi connectivity index (χ4v) is 4.66. The van der Waals surface area contributed by atoms with Crippen molar-refractivity contribution >= 4 is 15.7 Å². The molecule has 4 rings (SSSR count). The standard InChI is InChI=1S/C21H23F2N3O4S/c1-13(20(2,22)23)30-17-6-5-15(31(3,28)29)9-16(17)18(27)26-11-14-10-21(14,12-26)19-24-7-4-8-25-19/h4-9,13-14H,10-12H2,1-3H3/t13-,14?,21?/m0/s1. The summed E-state index contributed by atoms with van der Waals surface area (Å²) in [5.74, 6) is -2.79. The number of carbonyl (C=O) groups excluding carboxylic acids is 1. The monoisotopic (exact) mass is 451 g/mol. The molecule has 0 radical (unpaired) electrons. The topological polar surface area (TPSA) is 89.5 Å². The van der Waals surface area contributed by atoms with E-state index in [0.717, 1.165) is 19.6 Å². The molecule has 7 nitrogen and oxygen atoms in total. The van der Waals surface area contributed by atoms with Crippen LogP contribution in [-0.2, 0) is 15.3 Å². The first-order valence-electron chi connectivity index (χ1n) is 9.87. The summed E-state index contributed by atoms with van der Waals surface area (Å²) >= 11 is 0. The number of alkyl halides is 2. The summed E-state index contributed by atoms with van der Waals surface area (Å²) in [7, 11) is -3.61. The van der Waals surface area contributed by atoms with E-state index in [-0.39, 0.29) is 27.5 Å². The van der Waals surface area contributed by atoms with Crippen molar-refractivity contribution in [1.82, 2.24) is 14.9 Å². The van der Waals surface area contributed by atoms with Crippen molar-refractivity contribution in [2.75, 3.05) is 19.3 Å². The maximum atomic E-state index is 13.7. The van der Waals surface area contributed by atoms with E-state index in [9.17, 15) is 22.0 Å². The highest BCUT2D eigenvalue weighted by Gasteiger charge is 2.63. The summed E-state index contributed by atoms with van der Waals surface area (Å²) in [5, 5.41) is 0. The number of nitrogens with zero attached hydrogens (tertiary/aromatic N) is 3. The van der Waals surface area contributed by atoms with Crippen LogP contribution in [0.2, 0.25) is 0 Å². The van der Waals surface area contributed by atoms with Crippen LogP contribution in [-0.4, -0.2) is 60.6 Å². The lowest BCUT2D eigenvalue weighted by atomic mass is 10.1. The van der Waals surface area contributed by atoms with Crippen LogP contribution in [0.25, 0.3) is 0 Å². The number of benzene rings is 1. The smallest absolute Gasteiger partial charge is 0.281 e. The third kappa shape index (κ3) is 4.00. The minimum Gasteiger partial charge on any atom is -0.484 e. The second kappa shape index (κ2) is 7.22. The quantitative estimate of drug-likeness (QED) is 0.671. The Bertz CT molecular complexity index is 1120. The Balaban J connectivity index is 1.65. The van der Waals surface area contributed by atoms with Gasteiger partial charge in [0.25, 0.3) is 11.8 Å². The number of carbonyl (C=O) groups is 1. The van der Waals surface area contributed by atoms with Crippen LogP contribution in [0.4, 0.5) is 8.78 Å². The Hall–Kier alpha value is -2.62. The molecule has 10 heteroatoms. The first kappa shape index (κ1) is 21.6. The number of fused-ring (bicyclic) bond motifs is 1. The van der Waals surface area contributed by atoms with Crippen LogP contribution in [0.3, 0.4) is 0 Å². The van der Waals surface area contributed by atoms with Crippen LogP contribution in [0.1, 0.15) is 36.5 Å². The van der Waals surface area contributed by atoms with E-state index < -0.39 is 27.8 Å². The van der Waals surface area contributed by atoms with Crippen molar-refractivity contribution in [3.63, 3.8) is 0 Å². The van der Waals surface area contributed by atoms with Gasteiger partial charge in [0.15, 0.2) is 15.9 Å². The molecule has 1 aliphatic carbocycles. The summed E-state index contributed by atoms with van der Waals surface area (Å²) in [4.78, 5) is 23.5. The van der Waals surface area contributed by atoms with E-state index >= 15 is 0 Å². The highest BCUT2D eigenvalue weighted by Crippen LogP contribution is 2.58. The molecule has 1 saturated heterocycles. The molecule has 1 aromatic heterocycles. The molecule has 31 heavy (non-hydrogen) atoms. The van der Waals surface area contributed by atoms with Gasteiger partial charge < -0.3 is 9.64 Å². The van der Waals surface area contributed by atoms with E-state index in [2.05, 4.69) is 9.97 Å². The molecule has 2 aromatic rings. The van der Waals surface area contributed by atoms with Gasteiger partial charge >= 0.3 is 0 Å². The Morgan fingerprint density at radius 1 is 1.32 bits per heavy atom. The van der Waals surface area contributed by atoms with Crippen molar-refractivity contribution in [3.8, 4) is 5.75 Å². The van der Waals surface area contributed by atoms with Gasteiger partial charge in [0, 0.05) is 38.7 Å². The SMILES string of the molecule is C[C@H](Oc1ccc(S(C)(=O)=O)cc1C(=O)N1CC2CC2(c2ncccn2)C1)C(C)(F)F. The van der Waals surface area contributed by atoms with Gasteiger partial charge in [-0.15, -0.1) is 0 Å². The van der Waals surface area contributed by atoms with Gasteiger partial charge in [0.1, 0.15) is 11.6 Å². The number of rotatable bonds is 6. The molecule has 1 aromatic carbocycles. The second-order valence-electron chi connectivity index (χ2n) is 8.46. The van der Waals surface area contributed by atoms with Crippen molar-refractivity contribution in [2.24, 2.45) is 5.92 Å². The second-order valence-corrected chi connectivity index (χ2v) is 10.5. The number of hydrogen-bond donors (Lipinski definition) is 0. The van der Waals surface area contributed by atoms with Gasteiger partial charge in [-0.1, -0.05) is 0 Å². The number of aromatic nitrogens is 2. The van der Waals surface area contributed by atoms with Crippen molar-refractivity contribution in [1.29, 1.82) is 0 Å². The highest BCUT2D eigenvalue weighted by atomic mass is 32.2. The minimum absolute atomic E-state index is 0.0514. The predicted octanol–water partition coefficient (Wildman–Crippen LogP) is 2.72. The number of hydrogen-bond acceptors (Lipinski definition) is 6. The maximum Gasteiger partial charge on any atom is 0.281 e. The average Bonchev–Trinajstić information content (AvgIpc) is 3.28. The van der Waals surface area contributed by atoms with Crippen molar-refractivity contribution in [2.45, 2.75) is 42.6 Å². The first-order chi connectivity index (χ1) is 14.4. The number of halogens is 2. The Labute approximate surface area is 179 Å². The van der Waals surface area contributed by atoms with E-state index in [0.29, 0.717) is 18.9 Å². The fraction of sp³-hybridized carbons (Fsp3) is 0.476. The molecule has 2 aliphatic rings. The zero-order valence-corrected chi connectivity index (χ0v) is 18.2. The maximum absolute atomic E-state index is 13.7. The normalized spacial score (nSPS) is 23.9. The van der Waals surface area contributed by atoms with E-state index in [4.69, 9.17) is 4.74 Å². The lowest BCUT2D eigenvalue weighted by Crippen LogP contribution is -2.35. The van der Waals surface area contributed by atoms with Gasteiger partial charge in [-0.05, 0) is 43.5 Å². The van der Waals surface area contributed by atoms with Gasteiger partial charge in [-0.2, -0.15) is 0 Å². The molecule has 1 aliphatic heterocycles. The molecule has 2 fully saturated rings. The lowest BCUT2D eigenvalue weighted by Gasteiger charge is -2.25. The number of likely N-dealkylation sites (tertiary alicyclic amines) is 1. The minimum atomic E-state index is -3.61. The van der Waals surface area contributed by atoms with Crippen LogP contribution in [0.15, 0.2) is 41.6 Å². The average molecular weight is 451 g/mol. The Morgan fingerprint density at radius 3 is 2.61 bits per heavy atom. The summed E-state index contributed by atoms with van der Waals surface area (Å²) in [6.07, 6.45) is 3.70. The molecule has 0 spiro atoms. The zero-order valence-electron chi connectivity index (χ0n) is 17.4. The summed E-state index contributed by atoms with van der Waals surface area (Å²) in [5.41, 5.74) is -0.361. The van der Waals surface area contributed by atoms with Crippen molar-refractivity contribution in [3.05, 3.63) is 48.0 Å². The largest absolute Gasteiger partial charge is 0.484 e. The molecular weight excluding hydrogens is 428 g/mol. The van der Waals surface area contributed by atoms with Crippen molar-refractivity contribution < 1.29 is 26.7 Å². The third-order valence-electron chi connectivity index (χ3n) is 6.07. The van der Waals surface area contributed by atoms with E-state index in [1.165, 1.54) is 25.1 Å². The molecule has 0 N–H and O–H groups in total. The van der Waals surface area contributed by atoms with E-state index in [1.54, 1.807) is 23.4 Å². The summed E-state index contributed by atoms with van der Waals surface area (Å²) in [6, 6.07) is 5.44. The highest BCUT2D eigenvalue weighted by molar-refractivity contribution is 7.90. The number of ether oxygens (including phenoxy) is 1. The van der Waals surface area contributed by atoms with E-state index in [1.807, 2.05) is 0 Å². The molecule has 0 bridgehead atoms. The molecule has 1 saturated carbocycles. The number of piperidine rings is 1. The van der Waals surface area contributed by atoms with Crippen LogP contribution in [0, 0.1) is 5.92 Å².